The Labute approximate surface area is 167 Å². The van der Waals surface area contributed by atoms with Crippen molar-refractivity contribution in [3.05, 3.63) is 0 Å². The van der Waals surface area contributed by atoms with Gasteiger partial charge in [0.1, 0.15) is 0 Å². The Morgan fingerprint density at radius 3 is 2.56 bits per heavy atom. The molecular formula is C22H43N3O2. The van der Waals surface area contributed by atoms with E-state index in [-0.39, 0.29) is 5.41 Å². The molecule has 5 nitrogen and oxygen atoms in total. The summed E-state index contributed by atoms with van der Waals surface area (Å²) in [4.78, 5) is 4.99. The zero-order chi connectivity index (χ0) is 19.8. The van der Waals surface area contributed by atoms with Gasteiger partial charge in [-0.25, -0.2) is 0 Å². The van der Waals surface area contributed by atoms with E-state index in [1.54, 1.807) is 7.11 Å². The van der Waals surface area contributed by atoms with E-state index in [1.807, 2.05) is 0 Å². The fourth-order valence-corrected chi connectivity index (χ4v) is 4.76. The van der Waals surface area contributed by atoms with Crippen LogP contribution in [0.25, 0.3) is 0 Å². The van der Waals surface area contributed by atoms with Gasteiger partial charge < -0.3 is 20.1 Å². The van der Waals surface area contributed by atoms with Gasteiger partial charge in [0.25, 0.3) is 0 Å². The van der Waals surface area contributed by atoms with Crippen molar-refractivity contribution >= 4 is 5.96 Å². The lowest BCUT2D eigenvalue weighted by atomic mass is 9.78. The molecule has 0 amide bonds. The zero-order valence-corrected chi connectivity index (χ0v) is 18.4. The van der Waals surface area contributed by atoms with Gasteiger partial charge in [0.2, 0.25) is 0 Å². The maximum Gasteiger partial charge on any atom is 0.191 e. The number of nitrogens with zero attached hydrogens (tertiary/aromatic N) is 1. The number of methoxy groups -OCH3 is 1. The van der Waals surface area contributed by atoms with Crippen LogP contribution < -0.4 is 10.6 Å². The van der Waals surface area contributed by atoms with E-state index in [0.717, 1.165) is 51.6 Å². The summed E-state index contributed by atoms with van der Waals surface area (Å²) in [5.41, 5.74) is 0.510. The number of hydrogen-bond donors (Lipinski definition) is 2. The third-order valence-electron chi connectivity index (χ3n) is 6.25. The van der Waals surface area contributed by atoms with Crippen molar-refractivity contribution in [2.24, 2.45) is 21.7 Å². The standard InChI is InChI=1S/C22H43N3O2/c1-6-23-20(25-17-22(13-15-26-5)11-7-8-12-22)24-16-18-10-9-14-27-19(18)21(2,3)4/h18-19H,6-17H2,1-5H3,(H2,23,24,25). The Bertz CT molecular complexity index is 453. The highest BCUT2D eigenvalue weighted by Crippen LogP contribution is 2.41. The second-order valence-electron chi connectivity index (χ2n) is 9.59. The molecule has 1 saturated heterocycles. The van der Waals surface area contributed by atoms with E-state index in [4.69, 9.17) is 14.5 Å². The second-order valence-corrected chi connectivity index (χ2v) is 9.59. The molecule has 2 aliphatic rings. The lowest BCUT2D eigenvalue weighted by molar-refractivity contribution is -0.0835. The zero-order valence-electron chi connectivity index (χ0n) is 18.4. The smallest absolute Gasteiger partial charge is 0.191 e. The number of nitrogens with one attached hydrogen (secondary N) is 2. The van der Waals surface area contributed by atoms with E-state index in [9.17, 15) is 0 Å². The van der Waals surface area contributed by atoms with Crippen LogP contribution in [-0.2, 0) is 9.47 Å². The summed E-state index contributed by atoms with van der Waals surface area (Å²) in [7, 11) is 1.80. The van der Waals surface area contributed by atoms with Crippen LogP contribution >= 0.6 is 0 Å². The van der Waals surface area contributed by atoms with E-state index in [2.05, 4.69) is 38.3 Å². The number of guanidine groups is 1. The number of ether oxygens (including phenoxy) is 2. The Hall–Kier alpha value is -0.810. The maximum atomic E-state index is 6.13. The summed E-state index contributed by atoms with van der Waals surface area (Å²) in [6.45, 7) is 13.4. The number of hydrogen-bond acceptors (Lipinski definition) is 3. The summed E-state index contributed by atoms with van der Waals surface area (Å²) < 4.78 is 11.5. The molecule has 2 fully saturated rings. The van der Waals surface area contributed by atoms with Gasteiger partial charge in [-0.05, 0) is 49.9 Å². The van der Waals surface area contributed by atoms with Crippen LogP contribution in [0.1, 0.15) is 72.6 Å². The molecule has 1 aliphatic carbocycles. The molecule has 1 aliphatic heterocycles. The highest BCUT2D eigenvalue weighted by molar-refractivity contribution is 5.79. The molecule has 0 aromatic rings. The molecular weight excluding hydrogens is 338 g/mol. The first-order valence-corrected chi connectivity index (χ1v) is 11.0. The molecule has 2 unspecified atom stereocenters. The van der Waals surface area contributed by atoms with Crippen LogP contribution in [0, 0.1) is 16.7 Å². The first-order chi connectivity index (χ1) is 12.9. The van der Waals surface area contributed by atoms with Crippen molar-refractivity contribution in [1.82, 2.24) is 10.6 Å². The molecule has 0 spiro atoms. The lowest BCUT2D eigenvalue weighted by Gasteiger charge is -2.40. The van der Waals surface area contributed by atoms with Gasteiger partial charge in [0, 0.05) is 45.9 Å². The molecule has 2 atom stereocenters. The van der Waals surface area contributed by atoms with Crippen LogP contribution in [0.4, 0.5) is 0 Å². The Kier molecular flexibility index (Phi) is 8.87. The molecule has 0 bridgehead atoms. The topological polar surface area (TPSA) is 54.9 Å². The Morgan fingerprint density at radius 2 is 1.93 bits per heavy atom. The van der Waals surface area contributed by atoms with E-state index in [0.29, 0.717) is 17.4 Å². The summed E-state index contributed by atoms with van der Waals surface area (Å²) in [6, 6.07) is 0. The molecule has 27 heavy (non-hydrogen) atoms. The molecule has 1 heterocycles. The van der Waals surface area contributed by atoms with Gasteiger partial charge in [-0.1, -0.05) is 33.6 Å². The molecule has 5 heteroatoms. The van der Waals surface area contributed by atoms with Gasteiger partial charge >= 0.3 is 0 Å². The van der Waals surface area contributed by atoms with Gasteiger partial charge in [-0.15, -0.1) is 0 Å². The van der Waals surface area contributed by atoms with Crippen molar-refractivity contribution in [2.75, 3.05) is 40.0 Å². The second kappa shape index (κ2) is 10.7. The average Bonchev–Trinajstić information content (AvgIpc) is 3.11. The highest BCUT2D eigenvalue weighted by Gasteiger charge is 2.36. The quantitative estimate of drug-likeness (QED) is 0.493. The van der Waals surface area contributed by atoms with Crippen molar-refractivity contribution in [3.8, 4) is 0 Å². The Balaban J connectivity index is 1.96. The minimum atomic E-state index is 0.177. The maximum absolute atomic E-state index is 6.13. The molecule has 2 rings (SSSR count). The fraction of sp³-hybridized carbons (Fsp3) is 0.955. The minimum absolute atomic E-state index is 0.177. The SMILES string of the molecule is CCNC(=NCC1(CCOC)CCCC1)NCC1CCCOC1C(C)(C)C. The van der Waals surface area contributed by atoms with Crippen molar-refractivity contribution < 1.29 is 9.47 Å². The monoisotopic (exact) mass is 381 g/mol. The predicted octanol–water partition coefficient (Wildman–Crippen LogP) is 3.98. The van der Waals surface area contributed by atoms with Crippen LogP contribution in [0.2, 0.25) is 0 Å². The summed E-state index contributed by atoms with van der Waals surface area (Å²) in [5, 5.41) is 7.06. The summed E-state index contributed by atoms with van der Waals surface area (Å²) in [6.07, 6.45) is 9.04. The van der Waals surface area contributed by atoms with Crippen LogP contribution in [0.15, 0.2) is 4.99 Å². The first-order valence-electron chi connectivity index (χ1n) is 11.0. The van der Waals surface area contributed by atoms with E-state index >= 15 is 0 Å². The molecule has 2 N–H and O–H groups in total. The molecule has 0 aromatic carbocycles. The fourth-order valence-electron chi connectivity index (χ4n) is 4.76. The molecule has 0 aromatic heterocycles. The van der Waals surface area contributed by atoms with E-state index in [1.165, 1.54) is 32.1 Å². The van der Waals surface area contributed by atoms with Crippen LogP contribution in [-0.4, -0.2) is 52.0 Å². The average molecular weight is 382 g/mol. The van der Waals surface area contributed by atoms with Crippen LogP contribution in [0.5, 0.6) is 0 Å². The molecule has 158 valence electrons. The van der Waals surface area contributed by atoms with Gasteiger partial charge in [0.05, 0.1) is 6.10 Å². The predicted molar refractivity (Wildman–Crippen MR) is 113 cm³/mol. The largest absolute Gasteiger partial charge is 0.385 e. The number of aliphatic imine (C=N–C) groups is 1. The first kappa shape index (κ1) is 22.5. The van der Waals surface area contributed by atoms with Gasteiger partial charge in [-0.2, -0.15) is 0 Å². The van der Waals surface area contributed by atoms with Gasteiger partial charge in [0.15, 0.2) is 5.96 Å². The number of rotatable bonds is 8. The summed E-state index contributed by atoms with van der Waals surface area (Å²) >= 11 is 0. The van der Waals surface area contributed by atoms with Crippen molar-refractivity contribution in [3.63, 3.8) is 0 Å². The van der Waals surface area contributed by atoms with Gasteiger partial charge in [-0.3, -0.25) is 4.99 Å². The lowest BCUT2D eigenvalue weighted by Crippen LogP contribution is -2.47. The molecule has 1 saturated carbocycles. The third-order valence-corrected chi connectivity index (χ3v) is 6.25. The molecule has 0 radical (unpaired) electrons. The normalized spacial score (nSPS) is 26.2. The van der Waals surface area contributed by atoms with E-state index < -0.39 is 0 Å². The minimum Gasteiger partial charge on any atom is -0.385 e. The third kappa shape index (κ3) is 6.94. The van der Waals surface area contributed by atoms with Crippen molar-refractivity contribution in [1.29, 1.82) is 0 Å². The highest BCUT2D eigenvalue weighted by atomic mass is 16.5. The summed E-state index contributed by atoms with van der Waals surface area (Å²) in [5.74, 6) is 1.50. The van der Waals surface area contributed by atoms with Crippen molar-refractivity contribution in [2.45, 2.75) is 78.7 Å². The van der Waals surface area contributed by atoms with Crippen LogP contribution in [0.3, 0.4) is 0 Å². The Morgan fingerprint density at radius 1 is 1.19 bits per heavy atom.